The van der Waals surface area contributed by atoms with Gasteiger partial charge in [0, 0.05) is 23.3 Å². The summed E-state index contributed by atoms with van der Waals surface area (Å²) in [5.74, 6) is 1.82. The van der Waals surface area contributed by atoms with Crippen LogP contribution in [0.5, 0.6) is 0 Å². The van der Waals surface area contributed by atoms with Crippen LogP contribution in [0.3, 0.4) is 0 Å². The topological polar surface area (TPSA) is 102 Å². The first-order valence-electron chi connectivity index (χ1n) is 12.1. The van der Waals surface area contributed by atoms with E-state index in [2.05, 4.69) is 30.7 Å². The Morgan fingerprint density at radius 1 is 1.09 bits per heavy atom. The van der Waals surface area contributed by atoms with E-state index in [0.717, 1.165) is 60.6 Å². The van der Waals surface area contributed by atoms with Gasteiger partial charge >= 0.3 is 0 Å². The molecule has 9 nitrogen and oxygen atoms in total. The molecule has 2 aliphatic heterocycles. The molecule has 0 unspecified atom stereocenters. The number of aromatic amines is 1. The molecule has 1 fully saturated rings. The van der Waals surface area contributed by atoms with Crippen molar-refractivity contribution in [1.29, 1.82) is 0 Å². The first-order chi connectivity index (χ1) is 17.2. The van der Waals surface area contributed by atoms with E-state index in [9.17, 15) is 4.79 Å². The average Bonchev–Trinajstić information content (AvgIpc) is 3.36. The summed E-state index contributed by atoms with van der Waals surface area (Å²) < 4.78 is 0. The maximum absolute atomic E-state index is 13.6. The fourth-order valence-electron chi connectivity index (χ4n) is 5.00. The number of anilines is 5. The molecule has 4 aromatic rings. The Bertz CT molecular complexity index is 1350. The number of benzene rings is 2. The zero-order valence-electron chi connectivity index (χ0n) is 19.6. The van der Waals surface area contributed by atoms with Gasteiger partial charge in [-0.15, -0.1) is 0 Å². The molecule has 1 atom stereocenters. The number of carbonyl (C=O) groups is 1. The monoisotopic (exact) mass is 468 g/mol. The third kappa shape index (κ3) is 4.08. The SMILES string of the molecule is C[C@@H]1C(=O)N(c2ccccc2)c2cnc(Nc3ccc4[nH]ncc4c3)nc2N1CC1CCNCC1. The third-order valence-corrected chi connectivity index (χ3v) is 6.93. The van der Waals surface area contributed by atoms with Gasteiger partial charge in [-0.2, -0.15) is 10.1 Å². The summed E-state index contributed by atoms with van der Waals surface area (Å²) in [4.78, 5) is 27.1. The van der Waals surface area contributed by atoms with Crippen molar-refractivity contribution in [3.05, 3.63) is 60.9 Å². The number of nitrogens with zero attached hydrogens (tertiary/aromatic N) is 5. The quantitative estimate of drug-likeness (QED) is 0.407. The Kier molecular flexibility index (Phi) is 5.54. The Labute approximate surface area is 203 Å². The van der Waals surface area contributed by atoms with Gasteiger partial charge in [0.15, 0.2) is 5.82 Å². The fraction of sp³-hybridized carbons (Fsp3) is 0.308. The van der Waals surface area contributed by atoms with Gasteiger partial charge in [0.25, 0.3) is 5.91 Å². The summed E-state index contributed by atoms with van der Waals surface area (Å²) in [7, 11) is 0. The first kappa shape index (κ1) is 21.5. The van der Waals surface area contributed by atoms with Crippen molar-refractivity contribution in [1.82, 2.24) is 25.5 Å². The molecule has 0 saturated carbocycles. The minimum atomic E-state index is -0.331. The molecular formula is C26H28N8O. The molecule has 0 bridgehead atoms. The summed E-state index contributed by atoms with van der Waals surface area (Å²) in [5, 5.41) is 14.8. The van der Waals surface area contributed by atoms with E-state index in [1.807, 2.05) is 55.5 Å². The zero-order chi connectivity index (χ0) is 23.8. The van der Waals surface area contributed by atoms with Gasteiger partial charge in [-0.1, -0.05) is 18.2 Å². The van der Waals surface area contributed by atoms with Gasteiger partial charge in [0.2, 0.25) is 5.95 Å². The van der Waals surface area contributed by atoms with E-state index >= 15 is 0 Å². The summed E-state index contributed by atoms with van der Waals surface area (Å²) in [6, 6.07) is 15.4. The average molecular weight is 469 g/mol. The van der Waals surface area contributed by atoms with Crippen LogP contribution in [0.4, 0.5) is 28.8 Å². The van der Waals surface area contributed by atoms with Crippen molar-refractivity contribution in [2.75, 3.05) is 34.8 Å². The van der Waals surface area contributed by atoms with Gasteiger partial charge in [0.05, 0.1) is 17.9 Å². The number of hydrogen-bond donors (Lipinski definition) is 3. The van der Waals surface area contributed by atoms with E-state index in [1.165, 1.54) is 0 Å². The van der Waals surface area contributed by atoms with Crippen LogP contribution in [0, 0.1) is 5.92 Å². The van der Waals surface area contributed by atoms with E-state index < -0.39 is 0 Å². The normalized spacial score (nSPS) is 18.7. The van der Waals surface area contributed by atoms with Crippen molar-refractivity contribution in [3.63, 3.8) is 0 Å². The number of hydrogen-bond acceptors (Lipinski definition) is 7. The van der Waals surface area contributed by atoms with Crippen molar-refractivity contribution in [3.8, 4) is 0 Å². The Morgan fingerprint density at radius 3 is 2.74 bits per heavy atom. The number of nitrogens with one attached hydrogen (secondary N) is 3. The molecule has 9 heteroatoms. The lowest BCUT2D eigenvalue weighted by atomic mass is 9.96. The minimum Gasteiger partial charge on any atom is -0.343 e. The third-order valence-electron chi connectivity index (χ3n) is 6.93. The summed E-state index contributed by atoms with van der Waals surface area (Å²) in [6.45, 7) is 4.79. The van der Waals surface area contributed by atoms with Crippen LogP contribution in [0.2, 0.25) is 0 Å². The smallest absolute Gasteiger partial charge is 0.254 e. The molecule has 178 valence electrons. The van der Waals surface area contributed by atoms with Crippen LogP contribution in [-0.2, 0) is 4.79 Å². The van der Waals surface area contributed by atoms with Crippen molar-refractivity contribution < 1.29 is 4.79 Å². The van der Waals surface area contributed by atoms with E-state index in [4.69, 9.17) is 4.98 Å². The fourth-order valence-corrected chi connectivity index (χ4v) is 5.00. The van der Waals surface area contributed by atoms with Crippen LogP contribution in [-0.4, -0.2) is 51.7 Å². The van der Waals surface area contributed by atoms with Gasteiger partial charge in [-0.3, -0.25) is 14.8 Å². The van der Waals surface area contributed by atoms with Gasteiger partial charge < -0.3 is 15.5 Å². The molecule has 4 heterocycles. The number of H-pyrrole nitrogens is 1. The van der Waals surface area contributed by atoms with Crippen LogP contribution < -0.4 is 20.4 Å². The number of rotatable bonds is 5. The molecule has 1 amide bonds. The molecule has 1 saturated heterocycles. The van der Waals surface area contributed by atoms with Crippen LogP contribution in [0.25, 0.3) is 10.9 Å². The Morgan fingerprint density at radius 2 is 1.91 bits per heavy atom. The van der Waals surface area contributed by atoms with Gasteiger partial charge in [-0.25, -0.2) is 4.98 Å². The number of para-hydroxylation sites is 1. The molecule has 3 N–H and O–H groups in total. The van der Waals surface area contributed by atoms with Gasteiger partial charge in [0.1, 0.15) is 11.7 Å². The molecular weight excluding hydrogens is 440 g/mol. The minimum absolute atomic E-state index is 0.0346. The predicted octanol–water partition coefficient (Wildman–Crippen LogP) is 3.97. The highest BCUT2D eigenvalue weighted by molar-refractivity contribution is 6.09. The second kappa shape index (κ2) is 8.99. The molecule has 0 radical (unpaired) electrons. The molecule has 0 spiro atoms. The number of piperidine rings is 1. The van der Waals surface area contributed by atoms with Crippen molar-refractivity contribution in [2.45, 2.75) is 25.8 Å². The standard InChI is InChI=1S/C26H28N8O/c1-17-25(35)34(21-5-3-2-4-6-21)23-15-28-26(30-20-7-8-22-19(13-20)14-29-32-22)31-24(23)33(17)16-18-9-11-27-12-10-18/h2-8,13-15,17-18,27H,9-12,16H2,1H3,(H,29,32)(H,28,30,31)/t17-/m1/s1. The van der Waals surface area contributed by atoms with E-state index in [-0.39, 0.29) is 11.9 Å². The summed E-state index contributed by atoms with van der Waals surface area (Å²) >= 11 is 0. The largest absolute Gasteiger partial charge is 0.343 e. The van der Waals surface area contributed by atoms with Crippen LogP contribution in [0.15, 0.2) is 60.9 Å². The summed E-state index contributed by atoms with van der Waals surface area (Å²) in [6.07, 6.45) is 5.74. The molecule has 2 aromatic heterocycles. The maximum atomic E-state index is 13.6. The number of amides is 1. The molecule has 2 aliphatic rings. The lowest BCUT2D eigenvalue weighted by molar-refractivity contribution is -0.119. The summed E-state index contributed by atoms with van der Waals surface area (Å²) in [5.41, 5.74) is 3.38. The second-order valence-electron chi connectivity index (χ2n) is 9.23. The second-order valence-corrected chi connectivity index (χ2v) is 9.23. The lowest BCUT2D eigenvalue weighted by Gasteiger charge is -2.42. The predicted molar refractivity (Wildman–Crippen MR) is 137 cm³/mol. The number of aromatic nitrogens is 4. The van der Waals surface area contributed by atoms with Crippen LogP contribution >= 0.6 is 0 Å². The van der Waals surface area contributed by atoms with Gasteiger partial charge in [-0.05, 0) is 69.1 Å². The van der Waals surface area contributed by atoms with Crippen molar-refractivity contribution >= 4 is 45.6 Å². The van der Waals surface area contributed by atoms with E-state index in [0.29, 0.717) is 17.6 Å². The molecule has 6 rings (SSSR count). The number of carbonyl (C=O) groups excluding carboxylic acids is 1. The van der Waals surface area contributed by atoms with Crippen molar-refractivity contribution in [2.24, 2.45) is 5.92 Å². The Balaban J connectivity index is 1.39. The zero-order valence-corrected chi connectivity index (χ0v) is 19.6. The van der Waals surface area contributed by atoms with E-state index in [1.54, 1.807) is 17.3 Å². The molecule has 2 aromatic carbocycles. The number of fused-ring (bicyclic) bond motifs is 2. The molecule has 0 aliphatic carbocycles. The highest BCUT2D eigenvalue weighted by Crippen LogP contribution is 2.40. The lowest BCUT2D eigenvalue weighted by Crippen LogP contribution is -2.53. The Hall–Kier alpha value is -3.98. The van der Waals surface area contributed by atoms with Crippen LogP contribution in [0.1, 0.15) is 19.8 Å². The highest BCUT2D eigenvalue weighted by atomic mass is 16.2. The molecule has 35 heavy (non-hydrogen) atoms. The highest BCUT2D eigenvalue weighted by Gasteiger charge is 2.39. The maximum Gasteiger partial charge on any atom is 0.254 e. The first-order valence-corrected chi connectivity index (χ1v) is 12.1.